The van der Waals surface area contributed by atoms with Crippen LogP contribution in [0.1, 0.15) is 35.8 Å². The molecule has 9 heteroatoms. The molecule has 0 aliphatic carbocycles. The highest BCUT2D eigenvalue weighted by molar-refractivity contribution is 7.89. The molecular formula is C19H23N3O5S. The third-order valence-electron chi connectivity index (χ3n) is 4.06. The average molecular weight is 405 g/mol. The van der Waals surface area contributed by atoms with Crippen LogP contribution in [0.3, 0.4) is 0 Å². The summed E-state index contributed by atoms with van der Waals surface area (Å²) in [6.07, 6.45) is 0. The van der Waals surface area contributed by atoms with Gasteiger partial charge in [-0.15, -0.1) is 0 Å². The molecule has 2 amide bonds. The summed E-state index contributed by atoms with van der Waals surface area (Å²) in [5.41, 5.74) is 1.78. The Hall–Kier alpha value is -2.75. The lowest BCUT2D eigenvalue weighted by Gasteiger charge is -2.16. The predicted octanol–water partition coefficient (Wildman–Crippen LogP) is 2.32. The van der Waals surface area contributed by atoms with Crippen molar-refractivity contribution in [3.63, 3.8) is 0 Å². The number of hydrogen-bond acceptors (Lipinski definition) is 5. The van der Waals surface area contributed by atoms with Gasteiger partial charge in [-0.1, -0.05) is 16.6 Å². The molecule has 1 atom stereocenters. The number of carbonyl (C=O) groups is 2. The van der Waals surface area contributed by atoms with Crippen LogP contribution in [0.15, 0.2) is 53.4 Å². The second-order valence-corrected chi connectivity index (χ2v) is 8.06. The van der Waals surface area contributed by atoms with Crippen LogP contribution in [0, 0.1) is 0 Å². The first-order valence-electron chi connectivity index (χ1n) is 8.46. The van der Waals surface area contributed by atoms with Gasteiger partial charge in [0.25, 0.3) is 15.9 Å². The number of nitrogens with one attached hydrogen (secondary N) is 2. The Morgan fingerprint density at radius 3 is 2.32 bits per heavy atom. The third kappa shape index (κ3) is 5.16. The number of hydrogen-bond donors (Lipinski definition) is 2. The standard InChI is InChI=1S/C19H23N3O5S/c1-13(16-6-5-7-17(12-16)21-14(2)23)20-19(24)15-8-10-18(11-9-15)28(25,26)22(3)27-4/h5-13H,1-4H3,(H,20,24)(H,21,23). The summed E-state index contributed by atoms with van der Waals surface area (Å²) in [6, 6.07) is 12.4. The predicted molar refractivity (Wildman–Crippen MR) is 105 cm³/mol. The number of rotatable bonds is 7. The molecular weight excluding hydrogens is 382 g/mol. The average Bonchev–Trinajstić information content (AvgIpc) is 2.67. The fourth-order valence-electron chi connectivity index (χ4n) is 2.48. The summed E-state index contributed by atoms with van der Waals surface area (Å²) in [7, 11) is -1.23. The fraction of sp³-hybridized carbons (Fsp3) is 0.263. The van der Waals surface area contributed by atoms with Crippen LogP contribution in [-0.2, 0) is 19.7 Å². The molecule has 0 saturated carbocycles. The Balaban J connectivity index is 2.11. The minimum atomic E-state index is -3.77. The van der Waals surface area contributed by atoms with Gasteiger partial charge in [-0.05, 0) is 48.9 Å². The second kappa shape index (κ2) is 8.96. The van der Waals surface area contributed by atoms with E-state index >= 15 is 0 Å². The molecule has 28 heavy (non-hydrogen) atoms. The van der Waals surface area contributed by atoms with E-state index in [9.17, 15) is 18.0 Å². The molecule has 0 radical (unpaired) electrons. The number of amides is 2. The van der Waals surface area contributed by atoms with Crippen LogP contribution >= 0.6 is 0 Å². The molecule has 0 fully saturated rings. The van der Waals surface area contributed by atoms with Gasteiger partial charge in [-0.2, -0.15) is 0 Å². The zero-order chi connectivity index (χ0) is 20.9. The lowest BCUT2D eigenvalue weighted by Crippen LogP contribution is -2.27. The van der Waals surface area contributed by atoms with E-state index in [1.807, 2.05) is 13.0 Å². The maximum atomic E-state index is 12.5. The van der Waals surface area contributed by atoms with Gasteiger partial charge in [0, 0.05) is 25.2 Å². The molecule has 150 valence electrons. The highest BCUT2D eigenvalue weighted by Crippen LogP contribution is 2.19. The van der Waals surface area contributed by atoms with Crippen molar-refractivity contribution in [1.82, 2.24) is 9.79 Å². The molecule has 2 N–H and O–H groups in total. The molecule has 0 saturated heterocycles. The van der Waals surface area contributed by atoms with Crippen molar-refractivity contribution in [3.05, 3.63) is 59.7 Å². The van der Waals surface area contributed by atoms with E-state index < -0.39 is 10.0 Å². The van der Waals surface area contributed by atoms with Gasteiger partial charge in [0.1, 0.15) is 0 Å². The monoisotopic (exact) mass is 405 g/mol. The summed E-state index contributed by atoms with van der Waals surface area (Å²) in [6.45, 7) is 3.24. The van der Waals surface area contributed by atoms with Crippen LogP contribution in [-0.4, -0.2) is 38.9 Å². The van der Waals surface area contributed by atoms with Crippen molar-refractivity contribution < 1.29 is 22.8 Å². The van der Waals surface area contributed by atoms with E-state index in [1.54, 1.807) is 18.2 Å². The van der Waals surface area contributed by atoms with Crippen molar-refractivity contribution in [2.24, 2.45) is 0 Å². The molecule has 0 heterocycles. The van der Waals surface area contributed by atoms with Crippen LogP contribution < -0.4 is 10.6 Å². The first-order valence-corrected chi connectivity index (χ1v) is 9.90. The normalized spacial score (nSPS) is 12.5. The SMILES string of the molecule is CON(C)S(=O)(=O)c1ccc(C(=O)NC(C)c2cccc(NC(C)=O)c2)cc1. The number of sulfonamides is 1. The largest absolute Gasteiger partial charge is 0.346 e. The molecule has 0 aliphatic rings. The van der Waals surface area contributed by atoms with Crippen molar-refractivity contribution in [3.8, 4) is 0 Å². The van der Waals surface area contributed by atoms with Gasteiger partial charge in [-0.25, -0.2) is 8.42 Å². The maximum Gasteiger partial charge on any atom is 0.264 e. The third-order valence-corrected chi connectivity index (χ3v) is 5.76. The summed E-state index contributed by atoms with van der Waals surface area (Å²) in [5.74, 6) is -0.524. The van der Waals surface area contributed by atoms with Crippen molar-refractivity contribution in [2.75, 3.05) is 19.5 Å². The van der Waals surface area contributed by atoms with E-state index in [1.165, 1.54) is 45.3 Å². The summed E-state index contributed by atoms with van der Waals surface area (Å²) in [4.78, 5) is 28.4. The van der Waals surface area contributed by atoms with Gasteiger partial charge in [-0.3, -0.25) is 14.4 Å². The first-order chi connectivity index (χ1) is 13.1. The number of hydroxylamine groups is 1. The van der Waals surface area contributed by atoms with E-state index in [4.69, 9.17) is 4.84 Å². The van der Waals surface area contributed by atoms with Gasteiger partial charge < -0.3 is 10.6 Å². The Kier molecular flexibility index (Phi) is 6.90. The Bertz CT molecular complexity index is 958. The fourth-order valence-corrected chi connectivity index (χ4v) is 3.45. The zero-order valence-corrected chi connectivity index (χ0v) is 16.9. The van der Waals surface area contributed by atoms with Crippen molar-refractivity contribution in [1.29, 1.82) is 0 Å². The summed E-state index contributed by atoms with van der Waals surface area (Å²) < 4.78 is 25.1. The van der Waals surface area contributed by atoms with E-state index in [2.05, 4.69) is 10.6 Å². The number of benzene rings is 2. The quantitative estimate of drug-likeness (QED) is 0.688. The summed E-state index contributed by atoms with van der Waals surface area (Å²) >= 11 is 0. The molecule has 2 aromatic carbocycles. The summed E-state index contributed by atoms with van der Waals surface area (Å²) in [5, 5.41) is 5.55. The van der Waals surface area contributed by atoms with Crippen LogP contribution in [0.5, 0.6) is 0 Å². The lowest BCUT2D eigenvalue weighted by molar-refractivity contribution is -0.114. The second-order valence-electron chi connectivity index (χ2n) is 6.12. The number of nitrogens with zero attached hydrogens (tertiary/aromatic N) is 1. The van der Waals surface area contributed by atoms with Gasteiger partial charge in [0.2, 0.25) is 5.91 Å². The Morgan fingerprint density at radius 2 is 1.75 bits per heavy atom. The zero-order valence-electron chi connectivity index (χ0n) is 16.1. The van der Waals surface area contributed by atoms with Crippen LogP contribution in [0.4, 0.5) is 5.69 Å². The molecule has 0 aliphatic heterocycles. The number of anilines is 1. The van der Waals surface area contributed by atoms with Crippen LogP contribution in [0.2, 0.25) is 0 Å². The van der Waals surface area contributed by atoms with Crippen molar-refractivity contribution >= 4 is 27.5 Å². The minimum Gasteiger partial charge on any atom is -0.346 e. The number of carbonyl (C=O) groups excluding carboxylic acids is 2. The van der Waals surface area contributed by atoms with E-state index in [0.717, 1.165) is 10.0 Å². The molecule has 2 rings (SSSR count). The first kappa shape index (κ1) is 21.5. The molecule has 0 bridgehead atoms. The van der Waals surface area contributed by atoms with Crippen LogP contribution in [0.25, 0.3) is 0 Å². The lowest BCUT2D eigenvalue weighted by atomic mass is 10.1. The van der Waals surface area contributed by atoms with Gasteiger partial charge >= 0.3 is 0 Å². The van der Waals surface area contributed by atoms with E-state index in [-0.39, 0.29) is 22.8 Å². The molecule has 8 nitrogen and oxygen atoms in total. The van der Waals surface area contributed by atoms with Gasteiger partial charge in [0.15, 0.2) is 0 Å². The highest BCUT2D eigenvalue weighted by atomic mass is 32.2. The van der Waals surface area contributed by atoms with Crippen molar-refractivity contribution in [2.45, 2.75) is 24.8 Å². The molecule has 1 unspecified atom stereocenters. The molecule has 0 aromatic heterocycles. The van der Waals surface area contributed by atoms with Gasteiger partial charge in [0.05, 0.1) is 18.0 Å². The highest BCUT2D eigenvalue weighted by Gasteiger charge is 2.21. The molecule has 2 aromatic rings. The van der Waals surface area contributed by atoms with E-state index in [0.29, 0.717) is 11.3 Å². The Labute approximate surface area is 164 Å². The maximum absolute atomic E-state index is 12.5. The molecule has 0 spiro atoms. The minimum absolute atomic E-state index is 0.0180. The Morgan fingerprint density at radius 1 is 1.11 bits per heavy atom. The smallest absolute Gasteiger partial charge is 0.264 e. The topological polar surface area (TPSA) is 105 Å².